The van der Waals surface area contributed by atoms with Crippen LogP contribution >= 0.6 is 11.6 Å². The minimum Gasteiger partial charge on any atom is -0.493 e. The average molecular weight is 459 g/mol. The predicted octanol–water partition coefficient (Wildman–Crippen LogP) is 4.19. The summed E-state index contributed by atoms with van der Waals surface area (Å²) in [4.78, 5) is 12.2. The molecule has 3 rings (SSSR count). The van der Waals surface area contributed by atoms with Gasteiger partial charge in [0.25, 0.3) is 5.91 Å². The number of nitrogens with zero attached hydrogens (tertiary/aromatic N) is 1. The quantitative estimate of drug-likeness (QED) is 0.325. The highest BCUT2D eigenvalue weighted by molar-refractivity contribution is 7.87. The van der Waals surface area contributed by atoms with Gasteiger partial charge in [-0.1, -0.05) is 41.4 Å². The molecule has 1 N–H and O–H groups in total. The van der Waals surface area contributed by atoms with Crippen molar-refractivity contribution in [1.29, 1.82) is 0 Å². The van der Waals surface area contributed by atoms with E-state index in [1.807, 2.05) is 6.92 Å². The van der Waals surface area contributed by atoms with Crippen molar-refractivity contribution in [3.8, 4) is 11.5 Å². The molecule has 0 aromatic heterocycles. The highest BCUT2D eigenvalue weighted by Crippen LogP contribution is 2.32. The third kappa shape index (κ3) is 5.62. The summed E-state index contributed by atoms with van der Waals surface area (Å²) in [5.41, 5.74) is 3.90. The molecule has 0 aliphatic carbocycles. The van der Waals surface area contributed by atoms with Gasteiger partial charge in [0.15, 0.2) is 11.5 Å². The summed E-state index contributed by atoms with van der Waals surface area (Å²) in [6.07, 6.45) is 1.27. The fraction of sp³-hybridized carbons (Fsp3) is 0.0909. The molecule has 0 aliphatic heterocycles. The number of hydrogen-bond donors (Lipinski definition) is 1. The van der Waals surface area contributed by atoms with E-state index in [-0.39, 0.29) is 16.4 Å². The van der Waals surface area contributed by atoms with Crippen molar-refractivity contribution < 1.29 is 22.1 Å². The number of carbonyl (C=O) groups excluding carboxylic acids is 1. The Morgan fingerprint density at radius 3 is 2.45 bits per heavy atom. The number of aryl methyl sites for hydroxylation is 1. The van der Waals surface area contributed by atoms with E-state index in [1.165, 1.54) is 31.5 Å². The Hall–Kier alpha value is -3.36. The lowest BCUT2D eigenvalue weighted by Gasteiger charge is -2.13. The molecule has 3 aromatic rings. The van der Waals surface area contributed by atoms with Gasteiger partial charge in [-0.2, -0.15) is 13.5 Å². The molecule has 0 spiro atoms. The van der Waals surface area contributed by atoms with Crippen LogP contribution in [0.15, 0.2) is 76.7 Å². The van der Waals surface area contributed by atoms with Crippen molar-refractivity contribution in [2.75, 3.05) is 7.11 Å². The number of methoxy groups -OCH3 is 1. The standard InChI is InChI=1S/C22H19ClN2O5S/c1-15-9-11-19(12-10-15)31(27,28)30-21-17(6-4-8-20(21)29-2)14-24-25-22(26)16-5-3-7-18(23)13-16/h3-14H,1-2H3,(H,25,26)/b24-14-. The molecule has 0 aliphatic rings. The van der Waals surface area contributed by atoms with Gasteiger partial charge in [-0.25, -0.2) is 5.43 Å². The van der Waals surface area contributed by atoms with Crippen molar-refractivity contribution in [1.82, 2.24) is 5.43 Å². The van der Waals surface area contributed by atoms with Crippen molar-refractivity contribution in [2.45, 2.75) is 11.8 Å². The van der Waals surface area contributed by atoms with Crippen LogP contribution in [0.5, 0.6) is 11.5 Å². The molecule has 7 nitrogen and oxygen atoms in total. The van der Waals surface area contributed by atoms with Gasteiger partial charge in [0.1, 0.15) is 4.90 Å². The summed E-state index contributed by atoms with van der Waals surface area (Å²) in [6.45, 7) is 1.85. The smallest absolute Gasteiger partial charge is 0.339 e. The lowest BCUT2D eigenvalue weighted by atomic mass is 10.2. The van der Waals surface area contributed by atoms with E-state index >= 15 is 0 Å². The molecule has 3 aromatic carbocycles. The number of hydrogen-bond acceptors (Lipinski definition) is 6. The van der Waals surface area contributed by atoms with Gasteiger partial charge in [0.2, 0.25) is 0 Å². The van der Waals surface area contributed by atoms with Crippen molar-refractivity contribution in [3.05, 3.63) is 88.4 Å². The van der Waals surface area contributed by atoms with Crippen LogP contribution in [-0.4, -0.2) is 27.6 Å². The normalized spacial score (nSPS) is 11.3. The molecule has 31 heavy (non-hydrogen) atoms. The maximum absolute atomic E-state index is 12.7. The fourth-order valence-electron chi connectivity index (χ4n) is 2.60. The monoisotopic (exact) mass is 458 g/mol. The van der Waals surface area contributed by atoms with E-state index in [2.05, 4.69) is 10.5 Å². The summed E-state index contributed by atoms with van der Waals surface area (Å²) in [5.74, 6) is -0.330. The largest absolute Gasteiger partial charge is 0.493 e. The van der Waals surface area contributed by atoms with E-state index in [0.717, 1.165) is 5.56 Å². The molecule has 0 unspecified atom stereocenters. The molecule has 160 valence electrons. The SMILES string of the molecule is COc1cccc(/C=N\NC(=O)c2cccc(Cl)c2)c1OS(=O)(=O)c1ccc(C)cc1. The summed E-state index contributed by atoms with van der Waals surface area (Å²) < 4.78 is 36.1. The van der Waals surface area contributed by atoms with E-state index in [4.69, 9.17) is 20.5 Å². The zero-order valence-electron chi connectivity index (χ0n) is 16.7. The molecular weight excluding hydrogens is 440 g/mol. The van der Waals surface area contributed by atoms with Crippen molar-refractivity contribution in [2.24, 2.45) is 5.10 Å². The van der Waals surface area contributed by atoms with Gasteiger partial charge in [-0.05, 0) is 49.4 Å². The van der Waals surface area contributed by atoms with Crippen LogP contribution in [0.3, 0.4) is 0 Å². The molecular formula is C22H19ClN2O5S. The molecule has 9 heteroatoms. The molecule has 0 radical (unpaired) electrons. The summed E-state index contributed by atoms with van der Waals surface area (Å²) >= 11 is 5.89. The van der Waals surface area contributed by atoms with Crippen molar-refractivity contribution in [3.63, 3.8) is 0 Å². The van der Waals surface area contributed by atoms with Crippen molar-refractivity contribution >= 4 is 33.8 Å². The maximum atomic E-state index is 12.7. The topological polar surface area (TPSA) is 94.1 Å². The number of rotatable bonds is 7. The first-order valence-corrected chi connectivity index (χ1v) is 10.9. The summed E-state index contributed by atoms with van der Waals surface area (Å²) in [6, 6.07) is 17.4. The summed E-state index contributed by atoms with van der Waals surface area (Å²) in [5, 5.41) is 4.32. The Labute approximate surface area is 185 Å². The van der Waals surface area contributed by atoms with Crippen LogP contribution in [0.1, 0.15) is 21.5 Å². The number of ether oxygens (including phenoxy) is 1. The van der Waals surface area contributed by atoms with Gasteiger partial charge >= 0.3 is 10.1 Å². The van der Waals surface area contributed by atoms with Crippen LogP contribution in [-0.2, 0) is 10.1 Å². The maximum Gasteiger partial charge on any atom is 0.339 e. The van der Waals surface area contributed by atoms with E-state index in [9.17, 15) is 13.2 Å². The molecule has 0 heterocycles. The third-order valence-electron chi connectivity index (χ3n) is 4.19. The summed E-state index contributed by atoms with van der Waals surface area (Å²) in [7, 11) is -2.73. The third-order valence-corrected chi connectivity index (χ3v) is 5.66. The van der Waals surface area contributed by atoms with Gasteiger partial charge in [0.05, 0.1) is 13.3 Å². The Balaban J connectivity index is 1.85. The number of amides is 1. The van der Waals surface area contributed by atoms with Gasteiger partial charge < -0.3 is 8.92 Å². The first-order valence-electron chi connectivity index (χ1n) is 9.07. The van der Waals surface area contributed by atoms with Crippen LogP contribution < -0.4 is 14.3 Å². The van der Waals surface area contributed by atoms with E-state index in [1.54, 1.807) is 48.5 Å². The minimum absolute atomic E-state index is 0.00107. The van der Waals surface area contributed by atoms with E-state index in [0.29, 0.717) is 16.1 Å². The second kappa shape index (κ2) is 9.63. The van der Waals surface area contributed by atoms with Crippen LogP contribution in [0.2, 0.25) is 5.02 Å². The average Bonchev–Trinajstić information content (AvgIpc) is 2.74. The van der Waals surface area contributed by atoms with E-state index < -0.39 is 16.0 Å². The molecule has 1 amide bonds. The van der Waals surface area contributed by atoms with Gasteiger partial charge in [-0.15, -0.1) is 0 Å². The van der Waals surface area contributed by atoms with Gasteiger partial charge in [0, 0.05) is 16.1 Å². The molecule has 0 saturated carbocycles. The second-order valence-electron chi connectivity index (χ2n) is 6.44. The Morgan fingerprint density at radius 1 is 1.06 bits per heavy atom. The Morgan fingerprint density at radius 2 is 1.77 bits per heavy atom. The number of benzene rings is 3. The highest BCUT2D eigenvalue weighted by atomic mass is 35.5. The number of carbonyl (C=O) groups is 1. The Bertz CT molecular complexity index is 1220. The second-order valence-corrected chi connectivity index (χ2v) is 8.42. The molecule has 0 fully saturated rings. The predicted molar refractivity (Wildman–Crippen MR) is 118 cm³/mol. The number of halogens is 1. The van der Waals surface area contributed by atoms with Crippen LogP contribution in [0, 0.1) is 6.92 Å². The number of para-hydroxylation sites is 1. The van der Waals surface area contributed by atoms with Crippen LogP contribution in [0.25, 0.3) is 0 Å². The Kier molecular flexibility index (Phi) is 6.94. The first kappa shape index (κ1) is 22.3. The molecule has 0 bridgehead atoms. The fourth-order valence-corrected chi connectivity index (χ4v) is 3.76. The zero-order chi connectivity index (χ0) is 22.4. The lowest BCUT2D eigenvalue weighted by molar-refractivity contribution is 0.0955. The first-order chi connectivity index (χ1) is 14.8. The number of nitrogens with one attached hydrogen (secondary N) is 1. The zero-order valence-corrected chi connectivity index (χ0v) is 18.3. The number of hydrazone groups is 1. The van der Waals surface area contributed by atoms with Gasteiger partial charge in [-0.3, -0.25) is 4.79 Å². The molecule has 0 saturated heterocycles. The molecule has 0 atom stereocenters. The minimum atomic E-state index is -4.12. The lowest BCUT2D eigenvalue weighted by Crippen LogP contribution is -2.17. The van der Waals surface area contributed by atoms with Crippen LogP contribution in [0.4, 0.5) is 0 Å². The highest BCUT2D eigenvalue weighted by Gasteiger charge is 2.21.